The highest BCUT2D eigenvalue weighted by atomic mass is 32.1. The van der Waals surface area contributed by atoms with E-state index in [1.807, 2.05) is 44.2 Å². The maximum absolute atomic E-state index is 12.3. The van der Waals surface area contributed by atoms with Gasteiger partial charge in [-0.25, -0.2) is 0 Å². The summed E-state index contributed by atoms with van der Waals surface area (Å²) >= 11 is 5.23. The van der Waals surface area contributed by atoms with Crippen LogP contribution in [0.4, 0.5) is 11.4 Å². The van der Waals surface area contributed by atoms with Gasteiger partial charge in [0.05, 0.1) is 0 Å². The summed E-state index contributed by atoms with van der Waals surface area (Å²) in [6, 6.07) is 12.9. The lowest BCUT2D eigenvalue weighted by molar-refractivity contribution is -0.117. The van der Waals surface area contributed by atoms with Crippen molar-refractivity contribution in [1.82, 2.24) is 5.32 Å². The van der Waals surface area contributed by atoms with E-state index in [9.17, 15) is 9.59 Å². The molecule has 1 aliphatic carbocycles. The van der Waals surface area contributed by atoms with Crippen molar-refractivity contribution in [2.24, 2.45) is 5.92 Å². The van der Waals surface area contributed by atoms with E-state index >= 15 is 0 Å². The summed E-state index contributed by atoms with van der Waals surface area (Å²) in [5.41, 5.74) is 3.98. The molecule has 5 nitrogen and oxygen atoms in total. The number of nitrogens with one attached hydrogen (secondary N) is 3. The summed E-state index contributed by atoms with van der Waals surface area (Å²) in [7, 11) is 0. The molecule has 1 saturated carbocycles. The normalized spacial score (nSPS) is 13.0. The Kier molecular flexibility index (Phi) is 5.32. The van der Waals surface area contributed by atoms with Gasteiger partial charge in [-0.05, 0) is 68.7 Å². The molecule has 0 bridgehead atoms. The second-order valence-corrected chi connectivity index (χ2v) is 6.98. The monoisotopic (exact) mass is 367 g/mol. The maximum Gasteiger partial charge on any atom is 0.257 e. The van der Waals surface area contributed by atoms with Crippen LogP contribution in [0.15, 0.2) is 42.5 Å². The first-order chi connectivity index (χ1) is 12.4. The van der Waals surface area contributed by atoms with Crippen molar-refractivity contribution < 1.29 is 9.59 Å². The largest absolute Gasteiger partial charge is 0.332 e. The van der Waals surface area contributed by atoms with E-state index in [1.54, 1.807) is 12.1 Å². The van der Waals surface area contributed by atoms with Gasteiger partial charge in [0.1, 0.15) is 0 Å². The smallest absolute Gasteiger partial charge is 0.257 e. The van der Waals surface area contributed by atoms with Gasteiger partial charge in [0.25, 0.3) is 5.91 Å². The van der Waals surface area contributed by atoms with Crippen LogP contribution in [0.25, 0.3) is 0 Å². The molecule has 0 aromatic heterocycles. The fraction of sp³-hybridized carbons (Fsp3) is 0.250. The number of rotatable bonds is 4. The molecule has 1 fully saturated rings. The molecule has 1 aliphatic rings. The minimum absolute atomic E-state index is 0.0561. The first-order valence-corrected chi connectivity index (χ1v) is 8.94. The van der Waals surface area contributed by atoms with Gasteiger partial charge in [-0.1, -0.05) is 23.8 Å². The molecular formula is C20H21N3O2S. The minimum Gasteiger partial charge on any atom is -0.332 e. The first-order valence-electron chi connectivity index (χ1n) is 8.53. The molecule has 0 saturated heterocycles. The lowest BCUT2D eigenvalue weighted by atomic mass is 10.1. The Balaban J connectivity index is 1.63. The zero-order valence-electron chi connectivity index (χ0n) is 14.8. The summed E-state index contributed by atoms with van der Waals surface area (Å²) in [5, 5.41) is 8.82. The molecule has 26 heavy (non-hydrogen) atoms. The number of hydrogen-bond donors (Lipinski definition) is 3. The van der Waals surface area contributed by atoms with E-state index in [0.29, 0.717) is 11.3 Å². The molecule has 2 aromatic rings. The Bertz CT molecular complexity index is 875. The SMILES string of the molecule is Cc1cccc(C(=O)NC(=S)Nc2ccc(C)c(NC(=O)C3CC3)c2)c1. The Labute approximate surface area is 158 Å². The van der Waals surface area contributed by atoms with Crippen molar-refractivity contribution in [1.29, 1.82) is 0 Å². The Morgan fingerprint density at radius 1 is 1.04 bits per heavy atom. The molecule has 0 unspecified atom stereocenters. The van der Waals surface area contributed by atoms with Gasteiger partial charge < -0.3 is 10.6 Å². The zero-order valence-corrected chi connectivity index (χ0v) is 15.6. The Hall–Kier alpha value is -2.73. The van der Waals surface area contributed by atoms with Crippen LogP contribution in [0.2, 0.25) is 0 Å². The second-order valence-electron chi connectivity index (χ2n) is 6.57. The maximum atomic E-state index is 12.3. The number of carbonyl (C=O) groups excluding carboxylic acids is 2. The molecule has 0 atom stereocenters. The second kappa shape index (κ2) is 7.66. The number of hydrogen-bond acceptors (Lipinski definition) is 3. The fourth-order valence-electron chi connectivity index (χ4n) is 2.54. The van der Waals surface area contributed by atoms with Gasteiger partial charge in [-0.15, -0.1) is 0 Å². The molecule has 6 heteroatoms. The van der Waals surface area contributed by atoms with Crippen molar-refractivity contribution in [3.05, 3.63) is 59.2 Å². The van der Waals surface area contributed by atoms with Crippen molar-refractivity contribution in [3.8, 4) is 0 Å². The van der Waals surface area contributed by atoms with Crippen molar-refractivity contribution in [2.45, 2.75) is 26.7 Å². The van der Waals surface area contributed by atoms with Crippen LogP contribution in [0.3, 0.4) is 0 Å². The van der Waals surface area contributed by atoms with Crippen molar-refractivity contribution >= 4 is 40.5 Å². The first kappa shape index (κ1) is 18.1. The van der Waals surface area contributed by atoms with Gasteiger partial charge in [0.2, 0.25) is 5.91 Å². The third-order valence-electron chi connectivity index (χ3n) is 4.21. The summed E-state index contributed by atoms with van der Waals surface area (Å²) < 4.78 is 0. The predicted octanol–water partition coefficient (Wildman–Crippen LogP) is 3.78. The molecular weight excluding hydrogens is 346 g/mol. The molecule has 134 valence electrons. The predicted molar refractivity (Wildman–Crippen MR) is 107 cm³/mol. The third-order valence-corrected chi connectivity index (χ3v) is 4.41. The molecule has 0 spiro atoms. The number of amides is 2. The van der Waals surface area contributed by atoms with Gasteiger partial charge >= 0.3 is 0 Å². The van der Waals surface area contributed by atoms with Crippen LogP contribution in [0.5, 0.6) is 0 Å². The lowest BCUT2D eigenvalue weighted by Gasteiger charge is -2.13. The van der Waals surface area contributed by atoms with E-state index in [1.165, 1.54) is 0 Å². The van der Waals surface area contributed by atoms with Crippen LogP contribution in [-0.2, 0) is 4.79 Å². The molecule has 0 radical (unpaired) electrons. The molecule has 2 aromatic carbocycles. The molecule has 0 heterocycles. The average Bonchev–Trinajstić information content (AvgIpc) is 3.43. The highest BCUT2D eigenvalue weighted by Crippen LogP contribution is 2.31. The van der Waals surface area contributed by atoms with Gasteiger partial charge in [0, 0.05) is 22.9 Å². The molecule has 0 aliphatic heterocycles. The van der Waals surface area contributed by atoms with Crippen molar-refractivity contribution in [3.63, 3.8) is 0 Å². The van der Waals surface area contributed by atoms with E-state index in [0.717, 1.165) is 29.7 Å². The highest BCUT2D eigenvalue weighted by molar-refractivity contribution is 7.80. The van der Waals surface area contributed by atoms with Crippen molar-refractivity contribution in [2.75, 3.05) is 10.6 Å². The average molecular weight is 367 g/mol. The highest BCUT2D eigenvalue weighted by Gasteiger charge is 2.29. The number of benzene rings is 2. The Morgan fingerprint density at radius 3 is 2.50 bits per heavy atom. The van der Waals surface area contributed by atoms with Gasteiger partial charge in [-0.3, -0.25) is 14.9 Å². The van der Waals surface area contributed by atoms with Crippen LogP contribution < -0.4 is 16.0 Å². The van der Waals surface area contributed by atoms with E-state index in [2.05, 4.69) is 16.0 Å². The lowest BCUT2D eigenvalue weighted by Crippen LogP contribution is -2.34. The van der Waals surface area contributed by atoms with Gasteiger partial charge in [0.15, 0.2) is 5.11 Å². The molecule has 3 N–H and O–H groups in total. The summed E-state index contributed by atoms with van der Waals surface area (Å²) in [5.74, 6) is -0.0677. The van der Waals surface area contributed by atoms with Gasteiger partial charge in [-0.2, -0.15) is 0 Å². The zero-order chi connectivity index (χ0) is 18.7. The minimum atomic E-state index is -0.263. The van der Waals surface area contributed by atoms with E-state index in [-0.39, 0.29) is 22.8 Å². The van der Waals surface area contributed by atoms with Crippen LogP contribution in [0.1, 0.15) is 34.3 Å². The Morgan fingerprint density at radius 2 is 1.81 bits per heavy atom. The van der Waals surface area contributed by atoms with E-state index < -0.39 is 0 Å². The topological polar surface area (TPSA) is 70.2 Å². The summed E-state index contributed by atoms with van der Waals surface area (Å²) in [6.07, 6.45) is 1.91. The quantitative estimate of drug-likeness (QED) is 0.719. The number of aryl methyl sites for hydroxylation is 2. The summed E-state index contributed by atoms with van der Waals surface area (Å²) in [6.45, 7) is 3.86. The molecule has 2 amide bonds. The van der Waals surface area contributed by atoms with Crippen LogP contribution in [-0.4, -0.2) is 16.9 Å². The number of carbonyl (C=O) groups is 2. The summed E-state index contributed by atoms with van der Waals surface area (Å²) in [4.78, 5) is 24.2. The fourth-order valence-corrected chi connectivity index (χ4v) is 2.75. The number of thiocarbonyl (C=S) groups is 1. The molecule has 3 rings (SSSR count). The number of anilines is 2. The van der Waals surface area contributed by atoms with Crippen LogP contribution in [0, 0.1) is 19.8 Å². The third kappa shape index (κ3) is 4.67. The standard InChI is InChI=1S/C20H21N3O2S/c1-12-4-3-5-15(10-12)19(25)23-20(26)21-16-9-6-13(2)17(11-16)22-18(24)14-7-8-14/h3-6,9-11,14H,7-8H2,1-2H3,(H,22,24)(H2,21,23,25,26). The van der Waals surface area contributed by atoms with E-state index in [4.69, 9.17) is 12.2 Å². The van der Waals surface area contributed by atoms with Crippen LogP contribution >= 0.6 is 12.2 Å².